The third kappa shape index (κ3) is 3.78. The fourth-order valence-electron chi connectivity index (χ4n) is 1.57. The Morgan fingerprint density at radius 3 is 2.47 bits per heavy atom. The summed E-state index contributed by atoms with van der Waals surface area (Å²) < 4.78 is 20.2. The lowest BCUT2D eigenvalue weighted by Crippen LogP contribution is -1.92. The van der Waals surface area contributed by atoms with E-state index in [4.69, 9.17) is 4.74 Å². The zero-order valence-corrected chi connectivity index (χ0v) is 13.2. The Hall–Kier alpha value is -0.910. The normalized spacial score (nSPS) is 12.3. The monoisotopic (exact) mass is 388 g/mol. The molecule has 0 unspecified atom stereocenters. The summed E-state index contributed by atoms with van der Waals surface area (Å²) in [5.74, 6) is 0.584. The van der Waals surface area contributed by atoms with E-state index >= 15 is 0 Å². The topological polar surface area (TPSA) is 29.5 Å². The van der Waals surface area contributed by atoms with Crippen LogP contribution in [0.3, 0.4) is 0 Å². The zero-order chi connectivity index (χ0) is 14.0. The Morgan fingerprint density at radius 1 is 1.16 bits per heavy atom. The molecular weight excluding hydrogens is 379 g/mol. The van der Waals surface area contributed by atoms with Crippen LogP contribution in [0, 0.1) is 5.82 Å². The van der Waals surface area contributed by atoms with Crippen LogP contribution in [0.5, 0.6) is 11.5 Å². The molecule has 1 N–H and O–H groups in total. The summed E-state index contributed by atoms with van der Waals surface area (Å²) in [5, 5.41) is 9.48. The summed E-state index contributed by atoms with van der Waals surface area (Å²) in [6.45, 7) is 1.69. The van der Waals surface area contributed by atoms with Gasteiger partial charge in [0.1, 0.15) is 17.3 Å². The number of hydrogen-bond acceptors (Lipinski definition) is 2. The first-order chi connectivity index (χ1) is 8.95. The largest absolute Gasteiger partial charge is 0.456 e. The highest BCUT2D eigenvalue weighted by atomic mass is 79.9. The Labute approximate surface area is 127 Å². The van der Waals surface area contributed by atoms with Gasteiger partial charge in [0.05, 0.1) is 10.6 Å². The summed E-state index contributed by atoms with van der Waals surface area (Å²) >= 11 is 6.58. The molecule has 0 saturated heterocycles. The van der Waals surface area contributed by atoms with E-state index in [1.54, 1.807) is 31.2 Å². The second-order valence-electron chi connectivity index (χ2n) is 4.07. The number of halogens is 3. The van der Waals surface area contributed by atoms with Gasteiger partial charge in [-0.25, -0.2) is 4.39 Å². The summed E-state index contributed by atoms with van der Waals surface area (Å²) in [6.07, 6.45) is -0.548. The predicted octanol–water partition coefficient (Wildman–Crippen LogP) is 5.20. The zero-order valence-electron chi connectivity index (χ0n) is 10.0. The van der Waals surface area contributed by atoms with Gasteiger partial charge in [-0.1, -0.05) is 22.0 Å². The maximum Gasteiger partial charge on any atom is 0.141 e. The van der Waals surface area contributed by atoms with Crippen LogP contribution in [-0.4, -0.2) is 5.11 Å². The second-order valence-corrected chi connectivity index (χ2v) is 5.84. The molecule has 0 bridgehead atoms. The summed E-state index contributed by atoms with van der Waals surface area (Å²) in [5.41, 5.74) is 0.777. The first-order valence-corrected chi connectivity index (χ1v) is 7.16. The molecule has 5 heteroatoms. The van der Waals surface area contributed by atoms with Crippen molar-refractivity contribution in [3.63, 3.8) is 0 Å². The van der Waals surface area contributed by atoms with E-state index in [1.807, 2.05) is 0 Å². The van der Waals surface area contributed by atoms with Crippen molar-refractivity contribution in [1.82, 2.24) is 0 Å². The third-order valence-electron chi connectivity index (χ3n) is 2.50. The molecule has 100 valence electrons. The number of aliphatic hydroxyl groups excluding tert-OH is 1. The van der Waals surface area contributed by atoms with Crippen molar-refractivity contribution in [3.05, 3.63) is 56.7 Å². The molecule has 2 rings (SSSR count). The van der Waals surface area contributed by atoms with Crippen molar-refractivity contribution in [2.75, 3.05) is 0 Å². The fraction of sp³-hybridized carbons (Fsp3) is 0.143. The lowest BCUT2D eigenvalue weighted by molar-refractivity contribution is 0.199. The van der Waals surface area contributed by atoms with E-state index in [2.05, 4.69) is 31.9 Å². The highest BCUT2D eigenvalue weighted by Gasteiger charge is 2.08. The van der Waals surface area contributed by atoms with Crippen LogP contribution in [0.2, 0.25) is 0 Å². The molecule has 0 radical (unpaired) electrons. The van der Waals surface area contributed by atoms with Crippen molar-refractivity contribution >= 4 is 31.9 Å². The van der Waals surface area contributed by atoms with Crippen LogP contribution in [0.15, 0.2) is 45.3 Å². The molecule has 0 amide bonds. The average Bonchev–Trinajstić information content (AvgIpc) is 2.30. The van der Waals surface area contributed by atoms with Gasteiger partial charge in [0.15, 0.2) is 0 Å². The van der Waals surface area contributed by atoms with Crippen LogP contribution < -0.4 is 4.74 Å². The minimum absolute atomic E-state index is 0.374. The van der Waals surface area contributed by atoms with Crippen LogP contribution in [-0.2, 0) is 0 Å². The number of benzene rings is 2. The van der Waals surface area contributed by atoms with E-state index in [0.717, 1.165) is 5.56 Å². The molecule has 0 heterocycles. The fourth-order valence-corrected chi connectivity index (χ4v) is 2.50. The van der Waals surface area contributed by atoms with Gasteiger partial charge < -0.3 is 9.84 Å². The maximum atomic E-state index is 13.2. The van der Waals surface area contributed by atoms with Crippen molar-refractivity contribution < 1.29 is 14.2 Å². The molecule has 19 heavy (non-hydrogen) atoms. The highest BCUT2D eigenvalue weighted by molar-refractivity contribution is 9.10. The molecule has 0 saturated carbocycles. The van der Waals surface area contributed by atoms with Crippen molar-refractivity contribution in [1.29, 1.82) is 0 Å². The molecular formula is C14H11Br2FO2. The summed E-state index contributed by atoms with van der Waals surface area (Å²) in [4.78, 5) is 0. The molecule has 2 aromatic carbocycles. The molecule has 0 fully saturated rings. The molecule has 1 atom stereocenters. The number of hydrogen-bond donors (Lipinski definition) is 1. The first-order valence-electron chi connectivity index (χ1n) is 5.57. The Bertz CT molecular complexity index is 580. The number of rotatable bonds is 3. The van der Waals surface area contributed by atoms with Crippen molar-refractivity contribution in [2.45, 2.75) is 13.0 Å². The Morgan fingerprint density at radius 2 is 1.89 bits per heavy atom. The molecule has 0 aromatic heterocycles. The van der Waals surface area contributed by atoms with E-state index in [-0.39, 0.29) is 5.82 Å². The first kappa shape index (κ1) is 14.5. The Balaban J connectivity index is 2.28. The van der Waals surface area contributed by atoms with Crippen molar-refractivity contribution in [2.24, 2.45) is 0 Å². The predicted molar refractivity (Wildman–Crippen MR) is 78.9 cm³/mol. The molecule has 0 aliphatic carbocycles. The molecule has 2 nitrogen and oxygen atoms in total. The average molecular weight is 390 g/mol. The number of aliphatic hydroxyl groups is 1. The van der Waals surface area contributed by atoms with Gasteiger partial charge in [-0.3, -0.25) is 0 Å². The van der Waals surface area contributed by atoms with Gasteiger partial charge in [0, 0.05) is 10.5 Å². The Kier molecular flexibility index (Phi) is 4.60. The van der Waals surface area contributed by atoms with E-state index < -0.39 is 6.10 Å². The van der Waals surface area contributed by atoms with Crippen molar-refractivity contribution in [3.8, 4) is 11.5 Å². The highest BCUT2D eigenvalue weighted by Crippen LogP contribution is 2.33. The van der Waals surface area contributed by atoms with E-state index in [9.17, 15) is 9.50 Å². The lowest BCUT2D eigenvalue weighted by atomic mass is 10.1. The minimum atomic E-state index is -0.548. The van der Waals surface area contributed by atoms with Crippen LogP contribution in [0.4, 0.5) is 4.39 Å². The molecule has 0 aliphatic heterocycles. The maximum absolute atomic E-state index is 13.2. The molecule has 2 aromatic rings. The minimum Gasteiger partial charge on any atom is -0.456 e. The van der Waals surface area contributed by atoms with Crippen LogP contribution in [0.1, 0.15) is 18.6 Å². The van der Waals surface area contributed by atoms with Gasteiger partial charge >= 0.3 is 0 Å². The van der Waals surface area contributed by atoms with Crippen LogP contribution >= 0.6 is 31.9 Å². The van der Waals surface area contributed by atoms with E-state index in [0.29, 0.717) is 20.4 Å². The SMILES string of the molecule is C[C@H](O)c1ccc(Oc2cc(F)cc(Br)c2)c(Br)c1. The van der Waals surface area contributed by atoms with Gasteiger partial charge in [-0.15, -0.1) is 0 Å². The quantitative estimate of drug-likeness (QED) is 0.781. The van der Waals surface area contributed by atoms with Gasteiger partial charge in [-0.2, -0.15) is 0 Å². The lowest BCUT2D eigenvalue weighted by Gasteiger charge is -2.11. The summed E-state index contributed by atoms with van der Waals surface area (Å²) in [6, 6.07) is 9.61. The molecule has 0 aliphatic rings. The summed E-state index contributed by atoms with van der Waals surface area (Å²) in [7, 11) is 0. The second kappa shape index (κ2) is 6.03. The standard InChI is InChI=1S/C14H11Br2FO2/c1-8(18)9-2-3-14(13(16)4-9)19-12-6-10(15)5-11(17)7-12/h2-8,18H,1H3/t8-/m0/s1. The van der Waals surface area contributed by atoms with E-state index in [1.165, 1.54) is 12.1 Å². The van der Waals surface area contributed by atoms with Gasteiger partial charge in [0.25, 0.3) is 0 Å². The van der Waals surface area contributed by atoms with Gasteiger partial charge in [-0.05, 0) is 52.7 Å². The number of ether oxygens (including phenoxy) is 1. The van der Waals surface area contributed by atoms with Gasteiger partial charge in [0.2, 0.25) is 0 Å². The van der Waals surface area contributed by atoms with Crippen LogP contribution in [0.25, 0.3) is 0 Å². The molecule has 0 spiro atoms. The third-order valence-corrected chi connectivity index (χ3v) is 3.58. The smallest absolute Gasteiger partial charge is 0.141 e.